The van der Waals surface area contributed by atoms with E-state index < -0.39 is 8.80 Å². The van der Waals surface area contributed by atoms with Gasteiger partial charge in [0.25, 0.3) is 0 Å². The van der Waals surface area contributed by atoms with Crippen molar-refractivity contribution in [3.63, 3.8) is 0 Å². The summed E-state index contributed by atoms with van der Waals surface area (Å²) in [5.41, 5.74) is 1.75. The molecular formula is C11H15NOSi. The number of hydrogen-bond acceptors (Lipinski definition) is 2. The Morgan fingerprint density at radius 1 is 1.57 bits per heavy atom. The minimum absolute atomic E-state index is 0.611. The number of nitrogens with zero attached hydrogens (tertiary/aromatic N) is 1. The van der Waals surface area contributed by atoms with Crippen molar-refractivity contribution in [3.05, 3.63) is 36.2 Å². The van der Waals surface area contributed by atoms with Gasteiger partial charge in [0.2, 0.25) is 0 Å². The average Bonchev–Trinajstić information content (AvgIpc) is 2.18. The first-order chi connectivity index (χ1) is 6.69. The van der Waals surface area contributed by atoms with Gasteiger partial charge in [0, 0.05) is 6.20 Å². The molecule has 74 valence electrons. The second kappa shape index (κ2) is 4.86. The Morgan fingerprint density at radius 2 is 2.29 bits per heavy atom. The zero-order valence-corrected chi connectivity index (χ0v) is 9.81. The van der Waals surface area contributed by atoms with Crippen LogP contribution in [0.2, 0.25) is 13.1 Å². The third-order valence-electron chi connectivity index (χ3n) is 2.12. The number of aromatic nitrogens is 1. The average molecular weight is 205 g/mol. The molecule has 2 nitrogen and oxygen atoms in total. The van der Waals surface area contributed by atoms with Gasteiger partial charge in [0.1, 0.15) is 5.69 Å². The Balaban J connectivity index is 3.13. The van der Waals surface area contributed by atoms with Gasteiger partial charge >= 0.3 is 0 Å². The maximum atomic E-state index is 10.7. The van der Waals surface area contributed by atoms with Gasteiger partial charge in [-0.05, 0) is 17.2 Å². The fraction of sp³-hybridized carbons (Fsp3) is 0.273. The topological polar surface area (TPSA) is 30.0 Å². The fourth-order valence-corrected chi connectivity index (χ4v) is 2.66. The molecule has 1 aromatic rings. The van der Waals surface area contributed by atoms with Crippen molar-refractivity contribution in [2.75, 3.05) is 0 Å². The van der Waals surface area contributed by atoms with Gasteiger partial charge < -0.3 is 0 Å². The van der Waals surface area contributed by atoms with Crippen LogP contribution in [0.4, 0.5) is 0 Å². The quantitative estimate of drug-likeness (QED) is 0.421. The first kappa shape index (κ1) is 10.9. The summed E-state index contributed by atoms with van der Waals surface area (Å²) in [6, 6.07) is 2.09. The van der Waals surface area contributed by atoms with Crippen LogP contribution in [-0.2, 0) is 6.42 Å². The summed E-state index contributed by atoms with van der Waals surface area (Å²) in [5, 5.41) is 1.15. The lowest BCUT2D eigenvalue weighted by Gasteiger charge is -2.08. The molecule has 0 amide bonds. The van der Waals surface area contributed by atoms with Crippen LogP contribution in [0.3, 0.4) is 0 Å². The molecule has 3 heteroatoms. The molecule has 1 rings (SSSR count). The van der Waals surface area contributed by atoms with E-state index in [0.29, 0.717) is 5.69 Å². The van der Waals surface area contributed by atoms with Crippen molar-refractivity contribution in [1.82, 2.24) is 4.98 Å². The predicted octanol–water partition coefficient (Wildman–Crippen LogP) is 1.32. The monoisotopic (exact) mass is 205 g/mol. The Labute approximate surface area is 86.3 Å². The lowest BCUT2D eigenvalue weighted by atomic mass is 10.2. The SMILES string of the molecule is C=CCc1cnc(C=O)c([SiH](C)C)c1. The smallest absolute Gasteiger partial charge is 0.168 e. The first-order valence-electron chi connectivity index (χ1n) is 4.74. The number of hydrogen-bond donors (Lipinski definition) is 0. The molecular weight excluding hydrogens is 190 g/mol. The predicted molar refractivity (Wildman–Crippen MR) is 62.0 cm³/mol. The highest BCUT2D eigenvalue weighted by atomic mass is 28.3. The molecule has 0 saturated carbocycles. The lowest BCUT2D eigenvalue weighted by molar-refractivity contribution is 0.112. The molecule has 0 aliphatic carbocycles. The van der Waals surface area contributed by atoms with E-state index in [1.54, 1.807) is 6.20 Å². The molecule has 0 radical (unpaired) electrons. The zero-order valence-electron chi connectivity index (χ0n) is 8.66. The van der Waals surface area contributed by atoms with E-state index in [-0.39, 0.29) is 0 Å². The van der Waals surface area contributed by atoms with E-state index in [4.69, 9.17) is 0 Å². The molecule has 0 bridgehead atoms. The second-order valence-electron chi connectivity index (χ2n) is 3.58. The van der Waals surface area contributed by atoms with Gasteiger partial charge in [-0.1, -0.05) is 25.2 Å². The van der Waals surface area contributed by atoms with Crippen LogP contribution >= 0.6 is 0 Å². The Morgan fingerprint density at radius 3 is 2.79 bits per heavy atom. The van der Waals surface area contributed by atoms with Gasteiger partial charge in [-0.3, -0.25) is 9.78 Å². The molecule has 1 aromatic heterocycles. The van der Waals surface area contributed by atoms with Gasteiger partial charge in [-0.15, -0.1) is 6.58 Å². The summed E-state index contributed by atoms with van der Waals surface area (Å²) in [5.74, 6) is 0. The summed E-state index contributed by atoms with van der Waals surface area (Å²) >= 11 is 0. The van der Waals surface area contributed by atoms with Crippen molar-refractivity contribution in [1.29, 1.82) is 0 Å². The summed E-state index contributed by atoms with van der Waals surface area (Å²) < 4.78 is 0. The fourth-order valence-electron chi connectivity index (χ4n) is 1.38. The zero-order chi connectivity index (χ0) is 10.6. The molecule has 0 N–H and O–H groups in total. The number of allylic oxidation sites excluding steroid dienone is 1. The molecule has 0 unspecified atom stereocenters. The largest absolute Gasteiger partial charge is 0.296 e. The number of carbonyl (C=O) groups excluding carboxylic acids is 1. The summed E-state index contributed by atoms with van der Waals surface area (Å²) in [7, 11) is -0.967. The van der Waals surface area contributed by atoms with Crippen LogP contribution in [0.25, 0.3) is 0 Å². The van der Waals surface area contributed by atoms with E-state index in [0.717, 1.165) is 23.5 Å². The van der Waals surface area contributed by atoms with E-state index >= 15 is 0 Å². The summed E-state index contributed by atoms with van der Waals surface area (Å²) in [4.78, 5) is 14.9. The van der Waals surface area contributed by atoms with Gasteiger partial charge in [0.15, 0.2) is 6.29 Å². The Hall–Kier alpha value is -1.22. The number of pyridine rings is 1. The van der Waals surface area contributed by atoms with E-state index in [2.05, 4.69) is 30.7 Å². The standard InChI is InChI=1S/C11H15NOSi/c1-4-5-9-6-11(14(2)3)10(8-13)12-7-9/h4,6-8,14H,1,5H2,2-3H3. The Kier molecular flexibility index (Phi) is 3.77. The summed E-state index contributed by atoms with van der Waals surface area (Å²) in [6.45, 7) is 8.08. The van der Waals surface area contributed by atoms with Gasteiger partial charge in [-0.25, -0.2) is 0 Å². The van der Waals surface area contributed by atoms with Crippen molar-refractivity contribution < 1.29 is 4.79 Å². The van der Waals surface area contributed by atoms with Crippen LogP contribution in [0.1, 0.15) is 16.1 Å². The maximum absolute atomic E-state index is 10.7. The van der Waals surface area contributed by atoms with Gasteiger partial charge in [0.05, 0.1) is 8.80 Å². The lowest BCUT2D eigenvalue weighted by Crippen LogP contribution is -2.28. The van der Waals surface area contributed by atoms with Crippen molar-refractivity contribution in [3.8, 4) is 0 Å². The Bertz CT molecular complexity index is 347. The van der Waals surface area contributed by atoms with Crippen LogP contribution in [0.5, 0.6) is 0 Å². The van der Waals surface area contributed by atoms with E-state index in [1.807, 2.05) is 6.08 Å². The van der Waals surface area contributed by atoms with Crippen molar-refractivity contribution in [2.24, 2.45) is 0 Å². The molecule has 14 heavy (non-hydrogen) atoms. The highest BCUT2D eigenvalue weighted by Crippen LogP contribution is 2.00. The molecule has 1 heterocycles. The maximum Gasteiger partial charge on any atom is 0.168 e. The summed E-state index contributed by atoms with van der Waals surface area (Å²) in [6.07, 6.45) is 5.27. The van der Waals surface area contributed by atoms with E-state index in [9.17, 15) is 4.79 Å². The van der Waals surface area contributed by atoms with Gasteiger partial charge in [-0.2, -0.15) is 0 Å². The number of carbonyl (C=O) groups is 1. The highest BCUT2D eigenvalue weighted by molar-refractivity contribution is 6.71. The molecule has 0 aliphatic rings. The molecule has 0 aliphatic heterocycles. The van der Waals surface area contributed by atoms with Crippen LogP contribution in [-0.4, -0.2) is 20.1 Å². The first-order valence-corrected chi connectivity index (χ1v) is 7.62. The molecule has 0 atom stereocenters. The normalized spacial score (nSPS) is 10.2. The number of aldehydes is 1. The third kappa shape index (κ3) is 2.39. The van der Waals surface area contributed by atoms with Crippen LogP contribution in [0, 0.1) is 0 Å². The molecule has 0 aromatic carbocycles. The highest BCUT2D eigenvalue weighted by Gasteiger charge is 2.08. The van der Waals surface area contributed by atoms with Crippen LogP contribution < -0.4 is 5.19 Å². The minimum atomic E-state index is -0.967. The van der Waals surface area contributed by atoms with Crippen molar-refractivity contribution >= 4 is 20.3 Å². The molecule has 0 saturated heterocycles. The third-order valence-corrected chi connectivity index (χ3v) is 3.83. The van der Waals surface area contributed by atoms with E-state index in [1.165, 1.54) is 0 Å². The molecule has 0 spiro atoms. The number of rotatable bonds is 4. The van der Waals surface area contributed by atoms with Crippen molar-refractivity contribution in [2.45, 2.75) is 19.5 Å². The second-order valence-corrected chi connectivity index (χ2v) is 6.51. The molecule has 0 fully saturated rings. The minimum Gasteiger partial charge on any atom is -0.296 e. The van der Waals surface area contributed by atoms with Crippen LogP contribution in [0.15, 0.2) is 24.9 Å².